The van der Waals surface area contributed by atoms with Crippen LogP contribution in [0.3, 0.4) is 0 Å². The first kappa shape index (κ1) is 19.5. The standard InChI is InChI=1S/C19H24N2O5/c1-4-26-14-7-5-6-13(10-14)17(22)20-21-18(23)15-8-11(2)12(3)9-16(15)19(24)25/h5-7,10,15-16H,4,8-9H2,1-3H3,(H,20,22)(H,21,23)(H,24,25)/t15-,16-/m0/s1. The zero-order valence-electron chi connectivity index (χ0n) is 15.2. The van der Waals surface area contributed by atoms with Gasteiger partial charge in [0.1, 0.15) is 5.75 Å². The van der Waals surface area contributed by atoms with Gasteiger partial charge in [-0.2, -0.15) is 0 Å². The van der Waals surface area contributed by atoms with Gasteiger partial charge in [0.05, 0.1) is 18.4 Å². The highest BCUT2D eigenvalue weighted by molar-refractivity contribution is 5.96. The van der Waals surface area contributed by atoms with E-state index in [9.17, 15) is 19.5 Å². The van der Waals surface area contributed by atoms with Crippen molar-refractivity contribution in [3.63, 3.8) is 0 Å². The number of aliphatic carboxylic acids is 1. The summed E-state index contributed by atoms with van der Waals surface area (Å²) in [4.78, 5) is 36.1. The summed E-state index contributed by atoms with van der Waals surface area (Å²) in [6.45, 7) is 6.10. The third-order valence-corrected chi connectivity index (χ3v) is 4.63. The van der Waals surface area contributed by atoms with E-state index in [-0.39, 0.29) is 0 Å². The van der Waals surface area contributed by atoms with E-state index in [1.165, 1.54) is 0 Å². The highest BCUT2D eigenvalue weighted by Crippen LogP contribution is 2.34. The molecule has 2 amide bonds. The topological polar surface area (TPSA) is 105 Å². The van der Waals surface area contributed by atoms with E-state index in [4.69, 9.17) is 4.74 Å². The van der Waals surface area contributed by atoms with Crippen molar-refractivity contribution in [1.82, 2.24) is 10.9 Å². The van der Waals surface area contributed by atoms with Crippen LogP contribution in [-0.2, 0) is 9.59 Å². The second-order valence-corrected chi connectivity index (χ2v) is 6.42. The largest absolute Gasteiger partial charge is 0.494 e. The van der Waals surface area contributed by atoms with E-state index in [0.717, 1.165) is 11.1 Å². The van der Waals surface area contributed by atoms with Crippen LogP contribution >= 0.6 is 0 Å². The van der Waals surface area contributed by atoms with Gasteiger partial charge < -0.3 is 9.84 Å². The summed E-state index contributed by atoms with van der Waals surface area (Å²) >= 11 is 0. The van der Waals surface area contributed by atoms with Crippen molar-refractivity contribution in [2.45, 2.75) is 33.6 Å². The normalized spacial score (nSPS) is 19.7. The second kappa shape index (κ2) is 8.51. The lowest BCUT2D eigenvalue weighted by atomic mass is 9.76. The summed E-state index contributed by atoms with van der Waals surface area (Å²) < 4.78 is 5.34. The monoisotopic (exact) mass is 360 g/mol. The first-order valence-electron chi connectivity index (χ1n) is 8.54. The van der Waals surface area contributed by atoms with E-state index in [1.54, 1.807) is 24.3 Å². The van der Waals surface area contributed by atoms with Crippen LogP contribution in [0.15, 0.2) is 35.4 Å². The van der Waals surface area contributed by atoms with Crippen LogP contribution in [0.4, 0.5) is 0 Å². The molecule has 1 aliphatic rings. The van der Waals surface area contributed by atoms with Crippen LogP contribution in [-0.4, -0.2) is 29.5 Å². The van der Waals surface area contributed by atoms with Gasteiger partial charge in [0, 0.05) is 5.56 Å². The van der Waals surface area contributed by atoms with Crippen LogP contribution in [0.2, 0.25) is 0 Å². The molecular formula is C19H24N2O5. The Morgan fingerprint density at radius 1 is 1.12 bits per heavy atom. The molecule has 1 aliphatic carbocycles. The van der Waals surface area contributed by atoms with E-state index in [1.807, 2.05) is 20.8 Å². The summed E-state index contributed by atoms with van der Waals surface area (Å²) in [5.74, 6) is -2.96. The molecule has 0 heterocycles. The SMILES string of the molecule is CCOc1cccc(C(=O)NNC(=O)[C@H]2CC(C)=C(C)C[C@@H]2C(=O)O)c1. The minimum atomic E-state index is -1.01. The lowest BCUT2D eigenvalue weighted by Crippen LogP contribution is -2.48. The number of carboxylic acids is 1. The molecule has 140 valence electrons. The van der Waals surface area contributed by atoms with Gasteiger partial charge in [0.2, 0.25) is 5.91 Å². The number of benzene rings is 1. The summed E-state index contributed by atoms with van der Waals surface area (Å²) in [5, 5.41) is 9.39. The molecule has 1 aromatic carbocycles. The Morgan fingerprint density at radius 3 is 2.38 bits per heavy atom. The Bertz CT molecular complexity index is 741. The number of ether oxygens (including phenoxy) is 1. The molecule has 2 atom stereocenters. The molecule has 3 N–H and O–H groups in total. The van der Waals surface area contributed by atoms with Crippen LogP contribution < -0.4 is 15.6 Å². The quantitative estimate of drug-likeness (QED) is 0.552. The molecule has 7 heteroatoms. The molecule has 0 aromatic heterocycles. The Morgan fingerprint density at radius 2 is 1.77 bits per heavy atom. The maximum atomic E-state index is 12.4. The maximum absolute atomic E-state index is 12.4. The molecule has 0 spiro atoms. The van der Waals surface area contributed by atoms with E-state index < -0.39 is 29.6 Å². The van der Waals surface area contributed by atoms with Gasteiger partial charge in [-0.1, -0.05) is 17.2 Å². The molecule has 2 rings (SSSR count). The molecule has 1 aromatic rings. The smallest absolute Gasteiger partial charge is 0.307 e. The average molecular weight is 360 g/mol. The van der Waals surface area contributed by atoms with Crippen molar-refractivity contribution in [3.8, 4) is 5.75 Å². The van der Waals surface area contributed by atoms with Crippen LogP contribution in [0.5, 0.6) is 5.75 Å². The van der Waals surface area contributed by atoms with Crippen LogP contribution in [0.25, 0.3) is 0 Å². The summed E-state index contributed by atoms with van der Waals surface area (Å²) in [6, 6.07) is 6.58. The van der Waals surface area contributed by atoms with Crippen molar-refractivity contribution in [3.05, 3.63) is 41.0 Å². The van der Waals surface area contributed by atoms with Crippen LogP contribution in [0, 0.1) is 11.8 Å². The van der Waals surface area contributed by atoms with Gasteiger partial charge in [-0.25, -0.2) is 0 Å². The number of hydrazine groups is 1. The van der Waals surface area contributed by atoms with Gasteiger partial charge in [0.15, 0.2) is 0 Å². The second-order valence-electron chi connectivity index (χ2n) is 6.42. The van der Waals surface area contributed by atoms with E-state index in [0.29, 0.717) is 30.8 Å². The first-order chi connectivity index (χ1) is 12.3. The van der Waals surface area contributed by atoms with Gasteiger partial charge in [0.25, 0.3) is 5.91 Å². The maximum Gasteiger partial charge on any atom is 0.307 e. The third kappa shape index (κ3) is 4.62. The number of rotatable bonds is 5. The van der Waals surface area contributed by atoms with Crippen LogP contribution in [0.1, 0.15) is 44.0 Å². The number of hydrogen-bond donors (Lipinski definition) is 3. The highest BCUT2D eigenvalue weighted by atomic mass is 16.5. The van der Waals surface area contributed by atoms with Gasteiger partial charge in [-0.15, -0.1) is 0 Å². The fourth-order valence-electron chi connectivity index (χ4n) is 3.00. The number of carbonyl (C=O) groups is 3. The zero-order chi connectivity index (χ0) is 19.3. The Labute approximate surface area is 152 Å². The Balaban J connectivity index is 2.02. The van der Waals surface area contributed by atoms with Crippen molar-refractivity contribution in [2.24, 2.45) is 11.8 Å². The molecule has 7 nitrogen and oxygen atoms in total. The van der Waals surface area contributed by atoms with E-state index in [2.05, 4.69) is 10.9 Å². The number of amides is 2. The summed E-state index contributed by atoms with van der Waals surface area (Å²) in [6.07, 6.45) is 0.702. The molecule has 0 saturated carbocycles. The number of hydrogen-bond acceptors (Lipinski definition) is 4. The molecule has 0 aliphatic heterocycles. The first-order valence-corrected chi connectivity index (χ1v) is 8.54. The van der Waals surface area contributed by atoms with Gasteiger partial charge >= 0.3 is 5.97 Å². The molecule has 0 fully saturated rings. The predicted octanol–water partition coefficient (Wildman–Crippen LogP) is 2.29. The molecule has 0 saturated heterocycles. The number of allylic oxidation sites excluding steroid dienone is 2. The Hall–Kier alpha value is -2.83. The zero-order valence-corrected chi connectivity index (χ0v) is 15.2. The van der Waals surface area contributed by atoms with Crippen molar-refractivity contribution >= 4 is 17.8 Å². The highest BCUT2D eigenvalue weighted by Gasteiger charge is 2.37. The summed E-state index contributed by atoms with van der Waals surface area (Å²) in [7, 11) is 0. The molecular weight excluding hydrogens is 336 g/mol. The van der Waals surface area contributed by atoms with Crippen molar-refractivity contribution in [1.29, 1.82) is 0 Å². The third-order valence-electron chi connectivity index (χ3n) is 4.63. The fraction of sp³-hybridized carbons (Fsp3) is 0.421. The average Bonchev–Trinajstić information content (AvgIpc) is 2.61. The number of carbonyl (C=O) groups excluding carboxylic acids is 2. The molecule has 0 bridgehead atoms. The minimum absolute atomic E-state index is 0.335. The summed E-state index contributed by atoms with van der Waals surface area (Å²) in [5.41, 5.74) is 7.05. The lowest BCUT2D eigenvalue weighted by Gasteiger charge is -2.29. The predicted molar refractivity (Wildman–Crippen MR) is 95.4 cm³/mol. The Kier molecular flexibility index (Phi) is 6.38. The van der Waals surface area contributed by atoms with Gasteiger partial charge in [-0.3, -0.25) is 25.2 Å². The molecule has 0 radical (unpaired) electrons. The van der Waals surface area contributed by atoms with E-state index >= 15 is 0 Å². The fourth-order valence-corrected chi connectivity index (χ4v) is 3.00. The van der Waals surface area contributed by atoms with Crippen molar-refractivity contribution in [2.75, 3.05) is 6.61 Å². The number of carboxylic acid groups (broad SMARTS) is 1. The minimum Gasteiger partial charge on any atom is -0.494 e. The number of nitrogens with one attached hydrogen (secondary N) is 2. The lowest BCUT2D eigenvalue weighted by molar-refractivity contribution is -0.147. The molecule has 0 unspecified atom stereocenters. The molecule has 26 heavy (non-hydrogen) atoms. The van der Waals surface area contributed by atoms with Crippen molar-refractivity contribution < 1.29 is 24.2 Å². The van der Waals surface area contributed by atoms with Gasteiger partial charge in [-0.05, 0) is 51.8 Å².